The highest BCUT2D eigenvalue weighted by Gasteiger charge is 2.22. The highest BCUT2D eigenvalue weighted by Crippen LogP contribution is 2.24. The average molecular weight is 353 g/mol. The first kappa shape index (κ1) is 15.5. The smallest absolute Gasteiger partial charge is 0.266 e. The van der Waals surface area contributed by atoms with Gasteiger partial charge in [-0.1, -0.05) is 23.2 Å². The molecule has 0 saturated heterocycles. The van der Waals surface area contributed by atoms with E-state index in [1.807, 2.05) is 0 Å². The molecule has 0 radical (unpaired) electrons. The third-order valence-electron chi connectivity index (χ3n) is 2.55. The Morgan fingerprint density at radius 1 is 1.35 bits per heavy atom. The van der Waals surface area contributed by atoms with Gasteiger partial charge in [-0.3, -0.25) is 4.79 Å². The van der Waals surface area contributed by atoms with E-state index in [9.17, 15) is 13.2 Å². The van der Waals surface area contributed by atoms with E-state index >= 15 is 0 Å². The summed E-state index contributed by atoms with van der Waals surface area (Å²) in [6.07, 6.45) is 1.13. The first-order chi connectivity index (χ1) is 9.30. The van der Waals surface area contributed by atoms with Crippen LogP contribution in [0.3, 0.4) is 0 Å². The molecule has 0 aliphatic heterocycles. The van der Waals surface area contributed by atoms with E-state index in [0.717, 1.165) is 17.1 Å². The van der Waals surface area contributed by atoms with Crippen LogP contribution >= 0.6 is 34.5 Å². The van der Waals surface area contributed by atoms with Gasteiger partial charge in [0.2, 0.25) is 10.0 Å². The number of halogens is 2. The molecule has 2 rings (SSSR count). The van der Waals surface area contributed by atoms with Crippen molar-refractivity contribution in [3.8, 4) is 0 Å². The normalized spacial score (nSPS) is 12.0. The van der Waals surface area contributed by atoms with Gasteiger partial charge in [0.15, 0.2) is 0 Å². The Morgan fingerprint density at radius 3 is 2.60 bits per heavy atom. The molecule has 0 saturated carbocycles. The Hall–Kier alpha value is -0.860. The topological polar surface area (TPSA) is 70.2 Å². The number of nitrogens with one attached hydrogen (secondary N) is 1. The quantitative estimate of drug-likeness (QED) is 0.918. The predicted molar refractivity (Wildman–Crippen MR) is 80.1 cm³/mol. The van der Waals surface area contributed by atoms with Gasteiger partial charge < -0.3 is 4.98 Å². The molecule has 0 aliphatic rings. The molecule has 2 aromatic heterocycles. The number of hydrogen-bond donors (Lipinski definition) is 1. The Kier molecular flexibility index (Phi) is 4.55. The second kappa shape index (κ2) is 5.87. The number of H-pyrrole nitrogens is 1. The van der Waals surface area contributed by atoms with Gasteiger partial charge in [-0.05, 0) is 18.2 Å². The zero-order chi connectivity index (χ0) is 14.9. The summed E-state index contributed by atoms with van der Waals surface area (Å²) in [7, 11) is -2.28. The molecule has 0 bridgehead atoms. The first-order valence-corrected chi connectivity index (χ1v) is 8.41. The van der Waals surface area contributed by atoms with Crippen LogP contribution in [0, 0.1) is 0 Å². The van der Waals surface area contributed by atoms with Crippen LogP contribution in [-0.4, -0.2) is 24.8 Å². The third kappa shape index (κ3) is 3.24. The molecule has 9 heteroatoms. The van der Waals surface area contributed by atoms with Crippen LogP contribution < -0.4 is 5.56 Å². The van der Waals surface area contributed by atoms with E-state index in [0.29, 0.717) is 4.34 Å². The van der Waals surface area contributed by atoms with Crippen LogP contribution in [0.25, 0.3) is 0 Å². The number of sulfonamides is 1. The maximum absolute atomic E-state index is 12.3. The number of hydrogen-bond acceptors (Lipinski definition) is 4. The van der Waals surface area contributed by atoms with Gasteiger partial charge in [-0.2, -0.15) is 4.31 Å². The minimum atomic E-state index is -3.72. The summed E-state index contributed by atoms with van der Waals surface area (Å²) in [6, 6.07) is 4.60. The van der Waals surface area contributed by atoms with E-state index in [-0.39, 0.29) is 16.5 Å². The summed E-state index contributed by atoms with van der Waals surface area (Å²) in [6.45, 7) is 0.191. The standard InChI is InChI=1S/C11H10Cl2N2O3S2/c1-15(6-7-2-3-10(13)19-7)20(17,18)8-4-9(12)11(16)14-5-8/h2-5H,6H2,1H3,(H,14,16). The Labute approximate surface area is 129 Å². The van der Waals surface area contributed by atoms with Gasteiger partial charge in [0.25, 0.3) is 5.56 Å². The molecule has 20 heavy (non-hydrogen) atoms. The van der Waals surface area contributed by atoms with Crippen molar-refractivity contribution in [3.05, 3.63) is 49.0 Å². The molecular formula is C11H10Cl2N2O3S2. The number of aromatic amines is 1. The number of rotatable bonds is 4. The summed E-state index contributed by atoms with van der Waals surface area (Å²) in [5.41, 5.74) is -0.529. The van der Waals surface area contributed by atoms with Crippen molar-refractivity contribution in [1.82, 2.24) is 9.29 Å². The fourth-order valence-corrected chi connectivity index (χ4v) is 4.11. The molecule has 1 N–H and O–H groups in total. The van der Waals surface area contributed by atoms with E-state index in [4.69, 9.17) is 23.2 Å². The summed E-state index contributed by atoms with van der Waals surface area (Å²) in [5.74, 6) is 0. The van der Waals surface area contributed by atoms with E-state index in [1.54, 1.807) is 12.1 Å². The lowest BCUT2D eigenvalue weighted by Crippen LogP contribution is -2.27. The highest BCUT2D eigenvalue weighted by molar-refractivity contribution is 7.89. The summed E-state index contributed by atoms with van der Waals surface area (Å²) in [5, 5.41) is -0.168. The monoisotopic (exact) mass is 352 g/mol. The number of pyridine rings is 1. The molecule has 0 spiro atoms. The van der Waals surface area contributed by atoms with Crippen molar-refractivity contribution in [1.29, 1.82) is 0 Å². The maximum Gasteiger partial charge on any atom is 0.266 e. The Bertz CT molecular complexity index is 783. The van der Waals surface area contributed by atoms with Crippen LogP contribution in [0.4, 0.5) is 0 Å². The zero-order valence-corrected chi connectivity index (χ0v) is 13.4. The lowest BCUT2D eigenvalue weighted by molar-refractivity contribution is 0.469. The summed E-state index contributed by atoms with van der Waals surface area (Å²) in [4.78, 5) is 14.2. The second-order valence-corrected chi connectivity index (χ2v) is 8.23. The molecule has 0 atom stereocenters. The van der Waals surface area contributed by atoms with Gasteiger partial charge in [0, 0.05) is 24.7 Å². The summed E-state index contributed by atoms with van der Waals surface area (Å²) < 4.78 is 26.4. The molecule has 0 amide bonds. The van der Waals surface area contributed by atoms with Gasteiger partial charge in [-0.15, -0.1) is 11.3 Å². The minimum Gasteiger partial charge on any atom is -0.326 e. The Balaban J connectivity index is 2.29. The molecule has 0 fully saturated rings. The van der Waals surface area contributed by atoms with Crippen LogP contribution in [-0.2, 0) is 16.6 Å². The molecule has 0 unspecified atom stereocenters. The fourth-order valence-electron chi connectivity index (χ4n) is 1.51. The molecular weight excluding hydrogens is 343 g/mol. The first-order valence-electron chi connectivity index (χ1n) is 5.39. The van der Waals surface area contributed by atoms with Gasteiger partial charge in [-0.25, -0.2) is 8.42 Å². The van der Waals surface area contributed by atoms with Crippen molar-refractivity contribution in [2.45, 2.75) is 11.4 Å². The average Bonchev–Trinajstić information content (AvgIpc) is 2.78. The number of thiophene rings is 1. The van der Waals surface area contributed by atoms with Crippen LogP contribution in [0.5, 0.6) is 0 Å². The molecule has 5 nitrogen and oxygen atoms in total. The maximum atomic E-state index is 12.3. The van der Waals surface area contributed by atoms with E-state index < -0.39 is 15.6 Å². The van der Waals surface area contributed by atoms with Crippen molar-refractivity contribution in [3.63, 3.8) is 0 Å². The second-order valence-electron chi connectivity index (χ2n) is 3.98. The third-order valence-corrected chi connectivity index (χ3v) is 5.82. The van der Waals surface area contributed by atoms with Crippen LogP contribution in [0.2, 0.25) is 9.36 Å². The largest absolute Gasteiger partial charge is 0.326 e. The predicted octanol–water partition coefficient (Wildman–Crippen LogP) is 2.56. The molecule has 2 heterocycles. The van der Waals surface area contributed by atoms with Crippen molar-refractivity contribution < 1.29 is 8.42 Å². The SMILES string of the molecule is CN(Cc1ccc(Cl)s1)S(=O)(=O)c1c[nH]c(=O)c(Cl)c1. The zero-order valence-electron chi connectivity index (χ0n) is 10.3. The molecule has 108 valence electrons. The van der Waals surface area contributed by atoms with Crippen molar-refractivity contribution >= 4 is 44.6 Å². The van der Waals surface area contributed by atoms with Crippen LogP contribution in [0.1, 0.15) is 4.88 Å². The van der Waals surface area contributed by atoms with Gasteiger partial charge >= 0.3 is 0 Å². The number of aromatic nitrogens is 1. The lowest BCUT2D eigenvalue weighted by Gasteiger charge is -2.16. The van der Waals surface area contributed by atoms with Crippen LogP contribution in [0.15, 0.2) is 34.1 Å². The highest BCUT2D eigenvalue weighted by atomic mass is 35.5. The van der Waals surface area contributed by atoms with Crippen molar-refractivity contribution in [2.75, 3.05) is 7.05 Å². The Morgan fingerprint density at radius 2 is 2.05 bits per heavy atom. The summed E-state index contributed by atoms with van der Waals surface area (Å²) >= 11 is 12.8. The van der Waals surface area contributed by atoms with E-state index in [1.165, 1.54) is 22.7 Å². The van der Waals surface area contributed by atoms with Gasteiger partial charge in [0.1, 0.15) is 5.02 Å². The lowest BCUT2D eigenvalue weighted by atomic mass is 10.5. The fraction of sp³-hybridized carbons (Fsp3) is 0.182. The molecule has 0 aromatic carbocycles. The van der Waals surface area contributed by atoms with Gasteiger partial charge in [0.05, 0.1) is 9.23 Å². The number of nitrogens with zero attached hydrogens (tertiary/aromatic N) is 1. The molecule has 2 aromatic rings. The molecule has 0 aliphatic carbocycles. The van der Waals surface area contributed by atoms with Crippen molar-refractivity contribution in [2.24, 2.45) is 0 Å². The van der Waals surface area contributed by atoms with E-state index in [2.05, 4.69) is 4.98 Å². The minimum absolute atomic E-state index is 0.0627.